The van der Waals surface area contributed by atoms with Gasteiger partial charge >= 0.3 is 5.97 Å². The van der Waals surface area contributed by atoms with E-state index >= 15 is 0 Å². The minimum Gasteiger partial charge on any atom is -0.465 e. The molecule has 0 amide bonds. The molecule has 1 saturated carbocycles. The number of hydrogen-bond donors (Lipinski definition) is 1. The van der Waals surface area contributed by atoms with Crippen LogP contribution in [0.4, 0.5) is 0 Å². The van der Waals surface area contributed by atoms with E-state index in [1.165, 1.54) is 10.4 Å². The summed E-state index contributed by atoms with van der Waals surface area (Å²) < 4.78 is 31.5. The van der Waals surface area contributed by atoms with Crippen LogP contribution >= 0.6 is 23.6 Å². The predicted molar refractivity (Wildman–Crippen MR) is 83.8 cm³/mol. The van der Waals surface area contributed by atoms with Gasteiger partial charge in [-0.3, -0.25) is 4.79 Å². The van der Waals surface area contributed by atoms with Crippen molar-refractivity contribution >= 4 is 44.5 Å². The van der Waals surface area contributed by atoms with E-state index in [0.717, 1.165) is 24.2 Å². The Balaban J connectivity index is 2.24. The lowest BCUT2D eigenvalue weighted by Crippen LogP contribution is -2.37. The number of thiocarbonyl (C=S) groups is 1. The summed E-state index contributed by atoms with van der Waals surface area (Å²) in [6.07, 6.45) is 1.51. The second kappa shape index (κ2) is 6.39. The topological polar surface area (TPSA) is 89.7 Å². The molecule has 9 heteroatoms. The molecule has 0 saturated heterocycles. The number of sulfonamides is 1. The summed E-state index contributed by atoms with van der Waals surface area (Å²) in [6, 6.07) is 2.92. The molecule has 116 valence electrons. The minimum atomic E-state index is -3.73. The number of thiophene rings is 1. The highest BCUT2D eigenvalue weighted by Gasteiger charge is 2.40. The normalized spacial score (nSPS) is 15.1. The van der Waals surface area contributed by atoms with Gasteiger partial charge in [0.15, 0.2) is 0 Å². The van der Waals surface area contributed by atoms with Crippen molar-refractivity contribution in [3.8, 4) is 0 Å². The van der Waals surface area contributed by atoms with E-state index in [2.05, 4.69) is 0 Å². The third-order valence-electron chi connectivity index (χ3n) is 2.93. The first-order valence-corrected chi connectivity index (χ1v) is 9.10. The molecule has 1 aliphatic carbocycles. The smallest absolute Gasteiger partial charge is 0.321 e. The molecular weight excluding hydrogens is 332 g/mol. The van der Waals surface area contributed by atoms with Crippen molar-refractivity contribution in [3.05, 3.63) is 17.0 Å². The average Bonchev–Trinajstić information content (AvgIpc) is 3.10. The molecule has 1 aromatic rings. The number of nitrogens with two attached hydrogens (primary N) is 1. The van der Waals surface area contributed by atoms with Gasteiger partial charge in [-0.15, -0.1) is 11.3 Å². The van der Waals surface area contributed by atoms with Crippen molar-refractivity contribution in [2.75, 3.05) is 13.2 Å². The largest absolute Gasteiger partial charge is 0.465 e. The molecule has 0 aliphatic heterocycles. The molecule has 2 N–H and O–H groups in total. The number of carbonyl (C=O) groups excluding carboxylic acids is 1. The Morgan fingerprint density at radius 1 is 1.52 bits per heavy atom. The fraction of sp³-hybridized carbons (Fsp3) is 0.500. The molecular formula is C12H16N2O4S3. The van der Waals surface area contributed by atoms with E-state index < -0.39 is 16.0 Å². The maximum Gasteiger partial charge on any atom is 0.321 e. The molecule has 2 rings (SSSR count). The Kier molecular flexibility index (Phi) is 4.97. The van der Waals surface area contributed by atoms with Crippen LogP contribution < -0.4 is 5.73 Å². The molecule has 1 aromatic heterocycles. The standard InChI is InChI=1S/C12H16N2O4S3/c1-2-18-10(15)7-14(8-3-4-8)21(16,17)11-6-5-9(20-11)12(13)19/h5-6,8H,2-4,7H2,1H3,(H2,13,19). The van der Waals surface area contributed by atoms with Crippen molar-refractivity contribution in [1.82, 2.24) is 4.31 Å². The number of ether oxygens (including phenoxy) is 1. The molecule has 0 aromatic carbocycles. The third kappa shape index (κ3) is 3.79. The molecule has 0 radical (unpaired) electrons. The quantitative estimate of drug-likeness (QED) is 0.586. The van der Waals surface area contributed by atoms with Gasteiger partial charge in [0.05, 0.1) is 11.5 Å². The number of hydrogen-bond acceptors (Lipinski definition) is 6. The van der Waals surface area contributed by atoms with Crippen molar-refractivity contribution in [2.45, 2.75) is 30.0 Å². The first-order chi connectivity index (χ1) is 9.86. The fourth-order valence-electron chi connectivity index (χ4n) is 1.81. The number of carbonyl (C=O) groups is 1. The van der Waals surface area contributed by atoms with E-state index in [0.29, 0.717) is 4.88 Å². The highest BCUT2D eigenvalue weighted by atomic mass is 32.2. The second-order valence-electron chi connectivity index (χ2n) is 4.57. The Morgan fingerprint density at radius 2 is 2.19 bits per heavy atom. The van der Waals surface area contributed by atoms with Crippen LogP contribution in [0.5, 0.6) is 0 Å². The van der Waals surface area contributed by atoms with E-state index in [-0.39, 0.29) is 28.4 Å². The second-order valence-corrected chi connectivity index (χ2v) is 8.21. The number of esters is 1. The van der Waals surface area contributed by atoms with Crippen molar-refractivity contribution < 1.29 is 17.9 Å². The van der Waals surface area contributed by atoms with Gasteiger partial charge in [0.25, 0.3) is 10.0 Å². The molecule has 21 heavy (non-hydrogen) atoms. The van der Waals surface area contributed by atoms with Crippen molar-refractivity contribution in [2.24, 2.45) is 5.73 Å². The first-order valence-electron chi connectivity index (χ1n) is 6.43. The van der Waals surface area contributed by atoms with Crippen LogP contribution in [-0.2, 0) is 19.6 Å². The van der Waals surface area contributed by atoms with Crippen LogP contribution in [0.25, 0.3) is 0 Å². The Hall–Kier alpha value is -1.03. The molecule has 0 atom stereocenters. The number of rotatable bonds is 7. The molecule has 1 aliphatic rings. The Morgan fingerprint density at radius 3 is 2.67 bits per heavy atom. The lowest BCUT2D eigenvalue weighted by molar-refractivity contribution is -0.143. The summed E-state index contributed by atoms with van der Waals surface area (Å²) in [6.45, 7) is 1.64. The first kappa shape index (κ1) is 16.3. The SMILES string of the molecule is CCOC(=O)CN(C1CC1)S(=O)(=O)c1ccc(C(N)=S)s1. The summed E-state index contributed by atoms with van der Waals surface area (Å²) in [4.78, 5) is 12.3. The van der Waals surface area contributed by atoms with Gasteiger partial charge in [-0.05, 0) is 31.9 Å². The van der Waals surface area contributed by atoms with Crippen molar-refractivity contribution in [1.29, 1.82) is 0 Å². The van der Waals surface area contributed by atoms with Gasteiger partial charge in [-0.2, -0.15) is 4.31 Å². The molecule has 0 unspecified atom stereocenters. The van der Waals surface area contributed by atoms with E-state index in [1.807, 2.05) is 0 Å². The zero-order valence-corrected chi connectivity index (χ0v) is 13.9. The van der Waals surface area contributed by atoms with Gasteiger partial charge in [0.2, 0.25) is 0 Å². The number of nitrogens with zero attached hydrogens (tertiary/aromatic N) is 1. The molecule has 1 heterocycles. The van der Waals surface area contributed by atoms with Crippen LogP contribution in [0.2, 0.25) is 0 Å². The molecule has 0 bridgehead atoms. The maximum absolute atomic E-state index is 12.6. The molecule has 6 nitrogen and oxygen atoms in total. The zero-order valence-electron chi connectivity index (χ0n) is 11.4. The Bertz CT molecular complexity index is 649. The highest BCUT2D eigenvalue weighted by molar-refractivity contribution is 7.91. The van der Waals surface area contributed by atoms with Crippen molar-refractivity contribution in [3.63, 3.8) is 0 Å². The van der Waals surface area contributed by atoms with Crippen LogP contribution in [0.15, 0.2) is 16.3 Å². The minimum absolute atomic E-state index is 0.130. The lowest BCUT2D eigenvalue weighted by atomic mass is 10.5. The van der Waals surface area contributed by atoms with Gasteiger partial charge < -0.3 is 10.5 Å². The van der Waals surface area contributed by atoms with Crippen LogP contribution in [-0.4, -0.2) is 42.9 Å². The van der Waals surface area contributed by atoms with Gasteiger partial charge in [0.1, 0.15) is 15.7 Å². The van der Waals surface area contributed by atoms with Gasteiger partial charge in [-0.25, -0.2) is 8.42 Å². The Labute approximate surface area is 132 Å². The van der Waals surface area contributed by atoms with Crippen LogP contribution in [0.1, 0.15) is 24.6 Å². The monoisotopic (exact) mass is 348 g/mol. The highest BCUT2D eigenvalue weighted by Crippen LogP contribution is 2.34. The third-order valence-corrected chi connectivity index (χ3v) is 6.76. The molecule has 1 fully saturated rings. The molecule has 0 spiro atoms. The summed E-state index contributed by atoms with van der Waals surface area (Å²) in [5.41, 5.74) is 5.50. The fourth-order valence-corrected chi connectivity index (χ4v) is 4.92. The predicted octanol–water partition coefficient (Wildman–Crippen LogP) is 1.10. The van der Waals surface area contributed by atoms with E-state index in [1.54, 1.807) is 13.0 Å². The van der Waals surface area contributed by atoms with Gasteiger partial charge in [-0.1, -0.05) is 12.2 Å². The zero-order chi connectivity index (χ0) is 15.6. The summed E-state index contributed by atoms with van der Waals surface area (Å²) in [7, 11) is -3.73. The summed E-state index contributed by atoms with van der Waals surface area (Å²) in [5, 5.41) is 0. The summed E-state index contributed by atoms with van der Waals surface area (Å²) in [5.74, 6) is -0.542. The summed E-state index contributed by atoms with van der Waals surface area (Å²) >= 11 is 5.85. The maximum atomic E-state index is 12.6. The van der Waals surface area contributed by atoms with Crippen LogP contribution in [0, 0.1) is 0 Å². The van der Waals surface area contributed by atoms with E-state index in [4.69, 9.17) is 22.7 Å². The van der Waals surface area contributed by atoms with Crippen LogP contribution in [0.3, 0.4) is 0 Å². The lowest BCUT2D eigenvalue weighted by Gasteiger charge is -2.19. The average molecular weight is 348 g/mol. The van der Waals surface area contributed by atoms with Gasteiger partial charge in [0, 0.05) is 6.04 Å². The van der Waals surface area contributed by atoms with E-state index in [9.17, 15) is 13.2 Å².